The van der Waals surface area contributed by atoms with Crippen LogP contribution >= 0.6 is 11.3 Å². The highest BCUT2D eigenvalue weighted by atomic mass is 32.1. The van der Waals surface area contributed by atoms with Crippen LogP contribution < -0.4 is 29.1 Å². The number of hydrogen-bond acceptors (Lipinski definition) is 8. The van der Waals surface area contributed by atoms with E-state index in [0.29, 0.717) is 50.0 Å². The number of hydrogen-bond donors (Lipinski definition) is 0. The number of esters is 1. The lowest BCUT2D eigenvalue weighted by Gasteiger charge is -2.25. The molecule has 0 N–H and O–H groups in total. The SMILES string of the molecule is CCOC(=O)C1=C(C)N=c2s/c(=C/c3ccc(OCc4ccccc4)c(OC)c3)c(=O)n2[C@H]1c1ccccc1OC. The number of fused-ring (bicyclic) bond motifs is 1. The monoisotopic (exact) mass is 570 g/mol. The van der Waals surface area contributed by atoms with Crippen LogP contribution in [0, 0.1) is 0 Å². The van der Waals surface area contributed by atoms with E-state index in [1.165, 1.54) is 11.3 Å². The molecule has 8 nitrogen and oxygen atoms in total. The van der Waals surface area contributed by atoms with Crippen molar-refractivity contribution in [3.05, 3.63) is 120 Å². The maximum absolute atomic E-state index is 13.9. The molecular formula is C32H30N2O6S. The van der Waals surface area contributed by atoms with E-state index in [-0.39, 0.29) is 12.2 Å². The molecule has 0 saturated carbocycles. The third-order valence-corrected chi connectivity index (χ3v) is 7.66. The van der Waals surface area contributed by atoms with Crippen LogP contribution in [0.2, 0.25) is 0 Å². The molecular weight excluding hydrogens is 540 g/mol. The van der Waals surface area contributed by atoms with Crippen LogP contribution in [0.25, 0.3) is 6.08 Å². The second-order valence-corrected chi connectivity index (χ2v) is 10.2. The van der Waals surface area contributed by atoms with E-state index in [2.05, 4.69) is 4.99 Å². The van der Waals surface area contributed by atoms with Gasteiger partial charge in [-0.05, 0) is 49.2 Å². The van der Waals surface area contributed by atoms with Crippen molar-refractivity contribution in [2.75, 3.05) is 20.8 Å². The number of para-hydroxylation sites is 1. The van der Waals surface area contributed by atoms with Gasteiger partial charge in [-0.2, -0.15) is 0 Å². The Morgan fingerprint density at radius 3 is 2.44 bits per heavy atom. The van der Waals surface area contributed by atoms with E-state index in [4.69, 9.17) is 18.9 Å². The topological polar surface area (TPSA) is 88.4 Å². The Morgan fingerprint density at radius 2 is 1.71 bits per heavy atom. The fourth-order valence-corrected chi connectivity index (χ4v) is 5.80. The molecule has 0 spiro atoms. The first kappa shape index (κ1) is 27.9. The summed E-state index contributed by atoms with van der Waals surface area (Å²) < 4.78 is 24.6. The van der Waals surface area contributed by atoms with Crippen molar-refractivity contribution in [2.45, 2.75) is 26.5 Å². The lowest BCUT2D eigenvalue weighted by molar-refractivity contribution is -0.139. The predicted octanol–water partition coefficient (Wildman–Crippen LogP) is 4.39. The van der Waals surface area contributed by atoms with Crippen LogP contribution in [0.15, 0.2) is 93.9 Å². The minimum absolute atomic E-state index is 0.200. The summed E-state index contributed by atoms with van der Waals surface area (Å²) in [6.07, 6.45) is 1.79. The molecule has 2 heterocycles. The molecule has 1 aliphatic heterocycles. The average Bonchev–Trinajstić information content (AvgIpc) is 3.29. The van der Waals surface area contributed by atoms with Gasteiger partial charge in [-0.25, -0.2) is 9.79 Å². The molecule has 0 radical (unpaired) electrons. The van der Waals surface area contributed by atoms with Gasteiger partial charge in [-0.3, -0.25) is 9.36 Å². The molecule has 9 heteroatoms. The number of carbonyl (C=O) groups excluding carboxylic acids is 1. The van der Waals surface area contributed by atoms with Crippen molar-refractivity contribution >= 4 is 23.4 Å². The smallest absolute Gasteiger partial charge is 0.338 e. The number of ether oxygens (including phenoxy) is 4. The third kappa shape index (κ3) is 5.67. The molecule has 0 unspecified atom stereocenters. The minimum atomic E-state index is -0.758. The summed E-state index contributed by atoms with van der Waals surface area (Å²) in [5, 5.41) is 0. The Morgan fingerprint density at radius 1 is 0.976 bits per heavy atom. The zero-order valence-corrected chi connectivity index (χ0v) is 24.1. The molecule has 1 atom stereocenters. The summed E-state index contributed by atoms with van der Waals surface area (Å²) in [7, 11) is 3.14. The molecule has 0 fully saturated rings. The van der Waals surface area contributed by atoms with Gasteiger partial charge >= 0.3 is 5.97 Å². The number of benzene rings is 3. The number of nitrogens with zero attached hydrogens (tertiary/aromatic N) is 2. The van der Waals surface area contributed by atoms with Crippen LogP contribution in [-0.4, -0.2) is 31.4 Å². The standard InChI is InChI=1S/C32H30N2O6S/c1-5-39-31(36)28-20(2)33-32-34(29(28)23-13-9-10-14-24(23)37-3)30(35)27(41-32)18-22-15-16-25(26(17-22)38-4)40-19-21-11-7-6-8-12-21/h6-18,29H,5,19H2,1-4H3/b27-18+/t29-/m0/s1. The Hall–Kier alpha value is -4.63. The van der Waals surface area contributed by atoms with E-state index < -0.39 is 12.0 Å². The summed E-state index contributed by atoms with van der Waals surface area (Å²) in [6.45, 7) is 4.10. The highest BCUT2D eigenvalue weighted by molar-refractivity contribution is 7.07. The van der Waals surface area contributed by atoms with Gasteiger partial charge in [0, 0.05) is 5.56 Å². The van der Waals surface area contributed by atoms with Crippen LogP contribution in [0.5, 0.6) is 17.2 Å². The molecule has 0 amide bonds. The summed E-state index contributed by atoms with van der Waals surface area (Å²) in [5.74, 6) is 1.19. The largest absolute Gasteiger partial charge is 0.496 e. The first-order chi connectivity index (χ1) is 19.9. The summed E-state index contributed by atoms with van der Waals surface area (Å²) in [6, 6.07) is 22.0. The normalized spacial score (nSPS) is 14.7. The molecule has 4 aromatic rings. The fraction of sp³-hybridized carbons (Fsp3) is 0.219. The molecule has 41 heavy (non-hydrogen) atoms. The Kier molecular flexibility index (Phi) is 8.35. The van der Waals surface area contributed by atoms with Crippen molar-refractivity contribution in [2.24, 2.45) is 4.99 Å². The van der Waals surface area contributed by atoms with Gasteiger partial charge in [-0.1, -0.05) is 65.9 Å². The van der Waals surface area contributed by atoms with Gasteiger partial charge in [0.25, 0.3) is 5.56 Å². The highest BCUT2D eigenvalue weighted by Crippen LogP contribution is 2.35. The second kappa shape index (κ2) is 12.3. The second-order valence-electron chi connectivity index (χ2n) is 9.23. The minimum Gasteiger partial charge on any atom is -0.496 e. The maximum Gasteiger partial charge on any atom is 0.338 e. The maximum atomic E-state index is 13.9. The summed E-state index contributed by atoms with van der Waals surface area (Å²) >= 11 is 1.25. The lowest BCUT2D eigenvalue weighted by Crippen LogP contribution is -2.40. The predicted molar refractivity (Wildman–Crippen MR) is 157 cm³/mol. The molecule has 0 bridgehead atoms. The van der Waals surface area contributed by atoms with Gasteiger partial charge < -0.3 is 18.9 Å². The molecule has 1 aromatic heterocycles. The van der Waals surface area contributed by atoms with E-state index in [1.54, 1.807) is 44.8 Å². The first-order valence-electron chi connectivity index (χ1n) is 13.1. The van der Waals surface area contributed by atoms with E-state index in [1.807, 2.05) is 66.7 Å². The number of thiazole rings is 1. The molecule has 1 aliphatic rings. The lowest BCUT2D eigenvalue weighted by atomic mass is 9.95. The number of allylic oxidation sites excluding steroid dienone is 1. The summed E-state index contributed by atoms with van der Waals surface area (Å²) in [4.78, 5) is 32.2. The molecule has 210 valence electrons. The fourth-order valence-electron chi connectivity index (χ4n) is 4.76. The van der Waals surface area contributed by atoms with Gasteiger partial charge in [0.2, 0.25) is 0 Å². The third-order valence-electron chi connectivity index (χ3n) is 6.67. The van der Waals surface area contributed by atoms with Crippen LogP contribution in [0.4, 0.5) is 0 Å². The van der Waals surface area contributed by atoms with Gasteiger partial charge in [0.05, 0.1) is 36.6 Å². The molecule has 0 saturated heterocycles. The zero-order valence-electron chi connectivity index (χ0n) is 23.2. The Balaban J connectivity index is 1.58. The van der Waals surface area contributed by atoms with Crippen LogP contribution in [0.3, 0.4) is 0 Å². The summed E-state index contributed by atoms with van der Waals surface area (Å²) in [5.41, 5.74) is 2.99. The number of methoxy groups -OCH3 is 2. The van der Waals surface area contributed by atoms with Gasteiger partial charge in [0.15, 0.2) is 16.3 Å². The first-order valence-corrected chi connectivity index (χ1v) is 13.9. The van der Waals surface area contributed by atoms with E-state index in [9.17, 15) is 9.59 Å². The molecule has 5 rings (SSSR count). The van der Waals surface area contributed by atoms with Crippen molar-refractivity contribution in [3.8, 4) is 17.2 Å². The van der Waals surface area contributed by atoms with Crippen molar-refractivity contribution in [1.82, 2.24) is 4.57 Å². The quantitative estimate of drug-likeness (QED) is 0.277. The van der Waals surface area contributed by atoms with Crippen LogP contribution in [-0.2, 0) is 16.1 Å². The highest BCUT2D eigenvalue weighted by Gasteiger charge is 2.34. The van der Waals surface area contributed by atoms with E-state index in [0.717, 1.165) is 11.1 Å². The van der Waals surface area contributed by atoms with Crippen molar-refractivity contribution in [1.29, 1.82) is 0 Å². The van der Waals surface area contributed by atoms with Crippen molar-refractivity contribution in [3.63, 3.8) is 0 Å². The molecule has 3 aromatic carbocycles. The average molecular weight is 571 g/mol. The number of carbonyl (C=O) groups is 1. The van der Waals surface area contributed by atoms with E-state index >= 15 is 0 Å². The van der Waals surface area contributed by atoms with Gasteiger partial charge in [0.1, 0.15) is 18.4 Å². The van der Waals surface area contributed by atoms with Gasteiger partial charge in [-0.15, -0.1) is 0 Å². The molecule has 0 aliphatic carbocycles. The number of rotatable bonds is 9. The Labute approximate surface area is 241 Å². The zero-order chi connectivity index (χ0) is 28.9. The van der Waals surface area contributed by atoms with Crippen LogP contribution in [0.1, 0.15) is 36.6 Å². The number of aromatic nitrogens is 1. The Bertz CT molecular complexity index is 1790. The van der Waals surface area contributed by atoms with Crippen molar-refractivity contribution < 1.29 is 23.7 Å².